The van der Waals surface area contributed by atoms with Crippen molar-refractivity contribution in [2.24, 2.45) is 0 Å². The van der Waals surface area contributed by atoms with Crippen LogP contribution >= 0.6 is 0 Å². The fourth-order valence-electron chi connectivity index (χ4n) is 3.90. The maximum absolute atomic E-state index is 13.1. The number of benzene rings is 1. The summed E-state index contributed by atoms with van der Waals surface area (Å²) in [6, 6.07) is 8.48. The van der Waals surface area contributed by atoms with Gasteiger partial charge in [0, 0.05) is 30.4 Å². The Morgan fingerprint density at radius 3 is 2.48 bits per heavy atom. The van der Waals surface area contributed by atoms with Crippen molar-refractivity contribution in [2.45, 2.75) is 58.4 Å². The van der Waals surface area contributed by atoms with Gasteiger partial charge in [-0.3, -0.25) is 4.79 Å². The molecule has 3 rings (SSSR count). The second-order valence-electron chi connectivity index (χ2n) is 7.10. The van der Waals surface area contributed by atoms with Crippen molar-refractivity contribution in [1.82, 2.24) is 4.90 Å². The Kier molecular flexibility index (Phi) is 5.97. The number of hydrogen-bond donors (Lipinski definition) is 0. The van der Waals surface area contributed by atoms with Crippen molar-refractivity contribution in [3.63, 3.8) is 0 Å². The maximum atomic E-state index is 13.1. The predicted octanol–water partition coefficient (Wildman–Crippen LogP) is 3.29. The van der Waals surface area contributed by atoms with E-state index in [0.717, 1.165) is 43.6 Å². The predicted molar refractivity (Wildman–Crippen MR) is 99.0 cm³/mol. The lowest BCUT2D eigenvalue weighted by Crippen LogP contribution is -2.50. The summed E-state index contributed by atoms with van der Waals surface area (Å²) in [5, 5.41) is 0. The zero-order valence-corrected chi connectivity index (χ0v) is 15.6. The Morgan fingerprint density at radius 2 is 1.88 bits per heavy atom. The first-order chi connectivity index (χ1) is 12.1. The molecule has 2 saturated heterocycles. The maximum Gasteiger partial charge on any atom is 0.254 e. The Bertz CT molecular complexity index is 567. The topological polar surface area (TPSA) is 42.0 Å². The number of nitrogens with zero attached hydrogens (tertiary/aromatic N) is 2. The van der Waals surface area contributed by atoms with E-state index >= 15 is 0 Å². The molecule has 2 aliphatic rings. The van der Waals surface area contributed by atoms with Crippen LogP contribution in [0, 0.1) is 0 Å². The first-order valence-electron chi connectivity index (χ1n) is 9.52. The number of amides is 1. The van der Waals surface area contributed by atoms with Crippen LogP contribution in [0.4, 0.5) is 5.69 Å². The Hall–Kier alpha value is -1.59. The van der Waals surface area contributed by atoms with E-state index in [9.17, 15) is 4.79 Å². The number of likely N-dealkylation sites (tertiary alicyclic amines) is 1. The van der Waals surface area contributed by atoms with Crippen LogP contribution in [0.2, 0.25) is 0 Å². The van der Waals surface area contributed by atoms with Gasteiger partial charge in [-0.15, -0.1) is 0 Å². The summed E-state index contributed by atoms with van der Waals surface area (Å²) in [6.07, 6.45) is 2.85. The van der Waals surface area contributed by atoms with Crippen LogP contribution in [0.25, 0.3) is 0 Å². The summed E-state index contributed by atoms with van der Waals surface area (Å²) in [4.78, 5) is 17.3. The summed E-state index contributed by atoms with van der Waals surface area (Å²) in [5.41, 5.74) is 1.90. The molecule has 5 nitrogen and oxygen atoms in total. The van der Waals surface area contributed by atoms with Crippen molar-refractivity contribution < 1.29 is 14.3 Å². The highest BCUT2D eigenvalue weighted by Crippen LogP contribution is 2.27. The molecule has 138 valence electrons. The number of ether oxygens (including phenoxy) is 2. The van der Waals surface area contributed by atoms with Crippen LogP contribution in [-0.2, 0) is 9.47 Å². The van der Waals surface area contributed by atoms with E-state index in [2.05, 4.69) is 37.8 Å². The molecule has 0 bridgehead atoms. The van der Waals surface area contributed by atoms with Crippen molar-refractivity contribution in [1.29, 1.82) is 0 Å². The van der Waals surface area contributed by atoms with Gasteiger partial charge >= 0.3 is 0 Å². The third-order valence-corrected chi connectivity index (χ3v) is 5.18. The largest absolute Gasteiger partial charge is 0.369 e. The molecule has 2 heterocycles. The Morgan fingerprint density at radius 1 is 1.20 bits per heavy atom. The van der Waals surface area contributed by atoms with E-state index in [4.69, 9.17) is 9.47 Å². The fraction of sp³-hybridized carbons (Fsp3) is 0.650. The average Bonchev–Trinajstić information content (AvgIpc) is 3.16. The number of carbonyl (C=O) groups is 1. The van der Waals surface area contributed by atoms with Gasteiger partial charge in [-0.25, -0.2) is 0 Å². The van der Waals surface area contributed by atoms with Crippen molar-refractivity contribution in [3.05, 3.63) is 29.8 Å². The zero-order valence-electron chi connectivity index (χ0n) is 15.6. The number of piperidine rings is 1. The third kappa shape index (κ3) is 3.98. The lowest BCUT2D eigenvalue weighted by atomic mass is 10.00. The molecule has 0 N–H and O–H groups in total. The zero-order chi connectivity index (χ0) is 17.8. The molecule has 2 aliphatic heterocycles. The van der Waals surface area contributed by atoms with Gasteiger partial charge in [-0.05, 0) is 64.3 Å². The highest BCUT2D eigenvalue weighted by molar-refractivity contribution is 5.95. The molecule has 25 heavy (non-hydrogen) atoms. The summed E-state index contributed by atoms with van der Waals surface area (Å²) < 4.78 is 11.4. The normalized spacial score (nSPS) is 21.8. The third-order valence-electron chi connectivity index (χ3n) is 5.18. The minimum absolute atomic E-state index is 0.0335. The lowest BCUT2D eigenvalue weighted by Gasteiger charge is -2.38. The average molecular weight is 346 g/mol. The van der Waals surface area contributed by atoms with Crippen LogP contribution in [0.1, 0.15) is 50.4 Å². The molecule has 0 aromatic heterocycles. The smallest absolute Gasteiger partial charge is 0.254 e. The van der Waals surface area contributed by atoms with Crippen LogP contribution < -0.4 is 4.90 Å². The Balaban J connectivity index is 1.74. The van der Waals surface area contributed by atoms with Gasteiger partial charge in [0.2, 0.25) is 0 Å². The molecule has 2 fully saturated rings. The van der Waals surface area contributed by atoms with E-state index in [0.29, 0.717) is 19.3 Å². The molecule has 1 atom stereocenters. The minimum Gasteiger partial charge on any atom is -0.369 e. The van der Waals surface area contributed by atoms with Crippen LogP contribution in [0.5, 0.6) is 0 Å². The summed E-state index contributed by atoms with van der Waals surface area (Å²) in [6.45, 7) is 9.50. The molecule has 1 aromatic rings. The SMILES string of the molecule is CCN(c1ccc(C(=O)N2CCCCC2C2OCCO2)cc1)C(C)C. The molecule has 0 spiro atoms. The van der Waals surface area contributed by atoms with Gasteiger partial charge in [0.05, 0.1) is 19.3 Å². The fourth-order valence-corrected chi connectivity index (χ4v) is 3.90. The number of carbonyl (C=O) groups excluding carboxylic acids is 1. The second kappa shape index (κ2) is 8.19. The quantitative estimate of drug-likeness (QED) is 0.820. The van der Waals surface area contributed by atoms with Crippen LogP contribution in [-0.4, -0.2) is 55.5 Å². The first-order valence-corrected chi connectivity index (χ1v) is 9.52. The van der Waals surface area contributed by atoms with Crippen molar-refractivity contribution in [3.8, 4) is 0 Å². The van der Waals surface area contributed by atoms with Gasteiger partial charge in [-0.1, -0.05) is 0 Å². The van der Waals surface area contributed by atoms with Gasteiger partial charge in [0.25, 0.3) is 5.91 Å². The van der Waals surface area contributed by atoms with E-state index in [1.807, 2.05) is 17.0 Å². The summed E-state index contributed by atoms with van der Waals surface area (Å²) in [5.74, 6) is 0.0861. The number of hydrogen-bond acceptors (Lipinski definition) is 4. The molecule has 5 heteroatoms. The molecule has 1 unspecified atom stereocenters. The van der Waals surface area contributed by atoms with Crippen LogP contribution in [0.15, 0.2) is 24.3 Å². The monoisotopic (exact) mass is 346 g/mol. The summed E-state index contributed by atoms with van der Waals surface area (Å²) >= 11 is 0. The van der Waals surface area contributed by atoms with Gasteiger partial charge in [0.15, 0.2) is 6.29 Å². The molecule has 0 radical (unpaired) electrons. The lowest BCUT2D eigenvalue weighted by molar-refractivity contribution is -0.100. The molecular formula is C20H30N2O3. The number of rotatable bonds is 5. The standard InChI is InChI=1S/C20H30N2O3/c1-4-21(15(2)3)17-10-8-16(9-11-17)19(23)22-12-6-5-7-18(22)20-24-13-14-25-20/h8-11,15,18,20H,4-7,12-14H2,1-3H3. The highest BCUT2D eigenvalue weighted by Gasteiger charge is 2.36. The van der Waals surface area contributed by atoms with Gasteiger partial charge in [0.1, 0.15) is 0 Å². The van der Waals surface area contributed by atoms with E-state index in [1.54, 1.807) is 0 Å². The van der Waals surface area contributed by atoms with E-state index < -0.39 is 0 Å². The minimum atomic E-state index is -0.264. The molecule has 0 aliphatic carbocycles. The highest BCUT2D eigenvalue weighted by atomic mass is 16.7. The molecule has 0 saturated carbocycles. The summed E-state index contributed by atoms with van der Waals surface area (Å²) in [7, 11) is 0. The van der Waals surface area contributed by atoms with Crippen molar-refractivity contribution >= 4 is 11.6 Å². The van der Waals surface area contributed by atoms with E-state index in [1.165, 1.54) is 0 Å². The van der Waals surface area contributed by atoms with Gasteiger partial charge in [-0.2, -0.15) is 0 Å². The molecule has 1 amide bonds. The van der Waals surface area contributed by atoms with Crippen molar-refractivity contribution in [2.75, 3.05) is 31.2 Å². The van der Waals surface area contributed by atoms with E-state index in [-0.39, 0.29) is 18.2 Å². The second-order valence-corrected chi connectivity index (χ2v) is 7.10. The van der Waals surface area contributed by atoms with Gasteiger partial charge < -0.3 is 19.3 Å². The number of anilines is 1. The molecule has 1 aromatic carbocycles. The Labute approximate surface area is 150 Å². The van der Waals surface area contributed by atoms with Crippen LogP contribution in [0.3, 0.4) is 0 Å². The first kappa shape index (κ1) is 18.2. The molecular weight excluding hydrogens is 316 g/mol.